The molecule has 0 aromatic rings. The summed E-state index contributed by atoms with van der Waals surface area (Å²) < 4.78 is 14.3. The van der Waals surface area contributed by atoms with Crippen LogP contribution in [-0.4, -0.2) is 67.3 Å². The molecule has 1 amide bonds. The summed E-state index contributed by atoms with van der Waals surface area (Å²) >= 11 is 17.0. The lowest BCUT2D eigenvalue weighted by molar-refractivity contribution is -0.154. The highest BCUT2D eigenvalue weighted by Gasteiger charge is 2.48. The summed E-state index contributed by atoms with van der Waals surface area (Å²) in [4.78, 5) is 38.9. The van der Waals surface area contributed by atoms with Crippen LogP contribution in [0, 0.1) is 5.92 Å². The number of Topliss-reactive ketones (excluding diaryl/α,β-unsaturated/α-hetero) is 1. The van der Waals surface area contributed by atoms with Crippen molar-refractivity contribution >= 4 is 61.0 Å². The lowest BCUT2D eigenvalue weighted by atomic mass is 9.86. The average Bonchev–Trinajstić information content (AvgIpc) is 2.58. The van der Waals surface area contributed by atoms with E-state index in [1.54, 1.807) is 6.92 Å². The van der Waals surface area contributed by atoms with Crippen molar-refractivity contribution in [2.75, 3.05) is 20.3 Å². The van der Waals surface area contributed by atoms with Crippen LogP contribution in [0.4, 0.5) is 4.79 Å². The predicted molar refractivity (Wildman–Crippen MR) is 115 cm³/mol. The summed E-state index contributed by atoms with van der Waals surface area (Å²) in [7, 11) is -0.989. The largest absolute Gasteiger partial charge is 0.467 e. The number of hydrogen-bond acceptors (Lipinski definition) is 6. The van der Waals surface area contributed by atoms with E-state index >= 15 is 0 Å². The van der Waals surface area contributed by atoms with Gasteiger partial charge >= 0.3 is 12.1 Å². The fraction of sp³-hybridized carbons (Fsp3) is 0.833. The van der Waals surface area contributed by atoms with Gasteiger partial charge in [-0.2, -0.15) is 0 Å². The van der Waals surface area contributed by atoms with Crippen molar-refractivity contribution in [3.8, 4) is 0 Å². The van der Waals surface area contributed by atoms with Crippen LogP contribution in [0.3, 0.4) is 0 Å². The van der Waals surface area contributed by atoms with Crippen LogP contribution in [-0.2, 0) is 23.5 Å². The number of ketones is 1. The number of carbonyl (C=O) groups excluding carboxylic acids is 3. The van der Waals surface area contributed by atoms with Gasteiger partial charge in [-0.25, -0.2) is 9.59 Å². The Balaban J connectivity index is 3.20. The fourth-order valence-corrected chi connectivity index (χ4v) is 3.89. The van der Waals surface area contributed by atoms with Crippen LogP contribution in [0.15, 0.2) is 0 Å². The summed E-state index contributed by atoms with van der Waals surface area (Å²) in [5, 5.41) is -0.0719. The first-order valence-corrected chi connectivity index (χ1v) is 13.3. The normalized spacial score (nSPS) is 23.7. The summed E-state index contributed by atoms with van der Waals surface area (Å²) in [5.74, 6) is -1.43. The van der Waals surface area contributed by atoms with E-state index < -0.39 is 48.8 Å². The number of carbonyl (C=O) groups is 3. The summed E-state index contributed by atoms with van der Waals surface area (Å²) in [6.45, 7) is 11.7. The van der Waals surface area contributed by atoms with Crippen LogP contribution in [0.5, 0.6) is 0 Å². The SMILES string of the molecule is COC(=O)[C@@H]1CC(=O)[C@@H](C)[C@H](CO[Si](C)(C)C(C)(C)C)N1C(=O)OCC(Cl)(Cl)Cl. The maximum atomic E-state index is 12.8. The quantitative estimate of drug-likeness (QED) is 0.324. The van der Waals surface area contributed by atoms with E-state index in [4.69, 9.17) is 48.7 Å². The number of rotatable bonds is 5. The molecule has 0 unspecified atom stereocenters. The maximum absolute atomic E-state index is 12.8. The lowest BCUT2D eigenvalue weighted by Crippen LogP contribution is -2.62. The predicted octanol–water partition coefficient (Wildman–Crippen LogP) is 4.34. The van der Waals surface area contributed by atoms with Gasteiger partial charge in [0.2, 0.25) is 3.79 Å². The molecular weight excluding hydrogens is 461 g/mol. The van der Waals surface area contributed by atoms with Crippen molar-refractivity contribution in [3.05, 3.63) is 0 Å². The standard InChI is InChI=1S/C18H30Cl3NO6Si/c1-11-13(9-28-29(6,7)17(2,3)4)22(16(25)27-10-18(19,20)21)12(8-14(11)23)15(24)26-5/h11-13H,8-10H2,1-7H3/t11-,12-,13-/m0/s1. The highest BCUT2D eigenvalue weighted by molar-refractivity contribution is 6.74. The fourth-order valence-electron chi connectivity index (χ4n) is 2.71. The van der Waals surface area contributed by atoms with Gasteiger partial charge in [-0.3, -0.25) is 9.69 Å². The zero-order valence-corrected chi connectivity index (χ0v) is 21.2. The van der Waals surface area contributed by atoms with Gasteiger partial charge in [-0.1, -0.05) is 62.5 Å². The monoisotopic (exact) mass is 489 g/mol. The van der Waals surface area contributed by atoms with Gasteiger partial charge in [0.05, 0.1) is 19.8 Å². The van der Waals surface area contributed by atoms with E-state index in [1.165, 1.54) is 12.0 Å². The number of halogens is 3. The molecule has 1 heterocycles. The average molecular weight is 491 g/mol. The molecule has 0 N–H and O–H groups in total. The first kappa shape index (κ1) is 26.5. The molecular formula is C18H30Cl3NO6Si. The molecule has 1 fully saturated rings. The van der Waals surface area contributed by atoms with Crippen molar-refractivity contribution in [1.82, 2.24) is 4.90 Å². The highest BCUT2D eigenvalue weighted by Crippen LogP contribution is 2.38. The van der Waals surface area contributed by atoms with Crippen LogP contribution in [0.25, 0.3) is 0 Å². The van der Waals surface area contributed by atoms with Crippen LogP contribution in [0.2, 0.25) is 18.1 Å². The zero-order valence-electron chi connectivity index (χ0n) is 17.9. The van der Waals surface area contributed by atoms with Gasteiger partial charge in [0.25, 0.3) is 0 Å². The number of nitrogens with zero attached hydrogens (tertiary/aromatic N) is 1. The van der Waals surface area contributed by atoms with Gasteiger partial charge in [-0.15, -0.1) is 0 Å². The van der Waals surface area contributed by atoms with Crippen molar-refractivity contribution in [2.45, 2.75) is 68.1 Å². The Labute approximate surface area is 188 Å². The van der Waals surface area contributed by atoms with Crippen molar-refractivity contribution < 1.29 is 28.3 Å². The van der Waals surface area contributed by atoms with Gasteiger partial charge in [0, 0.05) is 12.3 Å². The molecule has 29 heavy (non-hydrogen) atoms. The molecule has 0 radical (unpaired) electrons. The number of esters is 1. The molecule has 0 spiro atoms. The summed E-state index contributed by atoms with van der Waals surface area (Å²) in [5.41, 5.74) is 0. The Morgan fingerprint density at radius 1 is 1.21 bits per heavy atom. The van der Waals surface area contributed by atoms with Crippen molar-refractivity contribution in [1.29, 1.82) is 0 Å². The van der Waals surface area contributed by atoms with Crippen LogP contribution in [0.1, 0.15) is 34.1 Å². The van der Waals surface area contributed by atoms with Crippen molar-refractivity contribution in [2.24, 2.45) is 5.92 Å². The highest BCUT2D eigenvalue weighted by atomic mass is 35.6. The molecule has 1 saturated heterocycles. The third kappa shape index (κ3) is 6.99. The van der Waals surface area contributed by atoms with Gasteiger partial charge < -0.3 is 13.9 Å². The topological polar surface area (TPSA) is 82.1 Å². The summed E-state index contributed by atoms with van der Waals surface area (Å²) in [6.07, 6.45) is -1.04. The molecule has 1 aliphatic heterocycles. The van der Waals surface area contributed by atoms with E-state index in [0.717, 1.165) is 0 Å². The van der Waals surface area contributed by atoms with E-state index in [1.807, 2.05) is 0 Å². The van der Waals surface area contributed by atoms with Gasteiger partial charge in [0.1, 0.15) is 18.4 Å². The number of amides is 1. The Bertz CT molecular complexity index is 632. The molecule has 0 aliphatic carbocycles. The third-order valence-corrected chi connectivity index (χ3v) is 10.5. The number of hydrogen-bond donors (Lipinski definition) is 0. The summed E-state index contributed by atoms with van der Waals surface area (Å²) in [6, 6.07) is -1.84. The van der Waals surface area contributed by atoms with Gasteiger partial charge in [0.15, 0.2) is 8.32 Å². The third-order valence-electron chi connectivity index (χ3n) is 5.64. The molecule has 3 atom stereocenters. The Kier molecular flexibility index (Phi) is 8.88. The van der Waals surface area contributed by atoms with E-state index in [9.17, 15) is 14.4 Å². The van der Waals surface area contributed by atoms with Crippen LogP contribution < -0.4 is 0 Å². The smallest absolute Gasteiger partial charge is 0.411 e. The zero-order chi connectivity index (χ0) is 22.8. The Morgan fingerprint density at radius 3 is 2.21 bits per heavy atom. The maximum Gasteiger partial charge on any atom is 0.411 e. The second-order valence-electron chi connectivity index (χ2n) is 8.71. The number of piperidine rings is 1. The Hall–Kier alpha value is -0.543. The number of methoxy groups -OCH3 is 1. The second-order valence-corrected chi connectivity index (χ2v) is 16.0. The van der Waals surface area contributed by atoms with E-state index in [2.05, 4.69) is 33.9 Å². The van der Waals surface area contributed by atoms with Gasteiger partial charge in [-0.05, 0) is 18.1 Å². The molecule has 168 valence electrons. The number of ether oxygens (including phenoxy) is 2. The van der Waals surface area contributed by atoms with E-state index in [0.29, 0.717) is 0 Å². The number of alkyl halides is 3. The molecule has 1 rings (SSSR count). The molecule has 0 aromatic carbocycles. The van der Waals surface area contributed by atoms with Crippen LogP contribution >= 0.6 is 34.8 Å². The minimum absolute atomic E-state index is 0.0719. The minimum Gasteiger partial charge on any atom is -0.467 e. The molecule has 7 nitrogen and oxygen atoms in total. The molecule has 0 bridgehead atoms. The molecule has 0 saturated carbocycles. The van der Waals surface area contributed by atoms with Crippen molar-refractivity contribution in [3.63, 3.8) is 0 Å². The molecule has 1 aliphatic rings. The second kappa shape index (κ2) is 9.72. The Morgan fingerprint density at radius 2 is 1.76 bits per heavy atom. The lowest BCUT2D eigenvalue weighted by Gasteiger charge is -2.44. The molecule has 0 aromatic heterocycles. The minimum atomic E-state index is -2.18. The number of likely N-dealkylation sites (tertiary alicyclic amines) is 1. The first-order chi connectivity index (χ1) is 13.0. The molecule has 11 heteroatoms. The van der Waals surface area contributed by atoms with E-state index in [-0.39, 0.29) is 23.8 Å². The first-order valence-electron chi connectivity index (χ1n) is 9.28.